The van der Waals surface area contributed by atoms with E-state index in [1.165, 1.54) is 12.1 Å². The number of azide groups is 1. The molecule has 1 aliphatic carbocycles. The molecule has 0 aromatic heterocycles. The smallest absolute Gasteiger partial charge is 0.270 e. The molecule has 6 nitrogen and oxygen atoms in total. The van der Waals surface area contributed by atoms with Crippen LogP contribution in [0.3, 0.4) is 0 Å². The molecule has 0 saturated heterocycles. The van der Waals surface area contributed by atoms with E-state index in [-0.39, 0.29) is 11.1 Å². The first-order valence-corrected chi connectivity index (χ1v) is 4.08. The van der Waals surface area contributed by atoms with Gasteiger partial charge in [-0.15, -0.1) is 0 Å². The maximum absolute atomic E-state index is 11.6. The Morgan fingerprint density at radius 1 is 1.20 bits per heavy atom. The maximum Gasteiger partial charge on any atom is 0.270 e. The maximum atomic E-state index is 11.6. The van der Waals surface area contributed by atoms with Crippen LogP contribution in [0.5, 0.6) is 0 Å². The molecule has 0 fully saturated rings. The van der Waals surface area contributed by atoms with Crippen LogP contribution in [0.4, 0.5) is 0 Å². The van der Waals surface area contributed by atoms with Gasteiger partial charge in [0, 0.05) is 16.0 Å². The van der Waals surface area contributed by atoms with E-state index in [2.05, 4.69) is 10.0 Å². The first-order chi connectivity index (χ1) is 7.11. The second kappa shape index (κ2) is 2.91. The van der Waals surface area contributed by atoms with Crippen molar-refractivity contribution in [2.45, 2.75) is 5.72 Å². The molecule has 0 bridgehead atoms. The number of benzene rings is 1. The van der Waals surface area contributed by atoms with Crippen molar-refractivity contribution < 1.29 is 14.7 Å². The third-order valence-electron chi connectivity index (χ3n) is 2.24. The van der Waals surface area contributed by atoms with Crippen LogP contribution in [0.25, 0.3) is 10.4 Å². The van der Waals surface area contributed by atoms with Gasteiger partial charge >= 0.3 is 0 Å². The topological polar surface area (TPSA) is 103 Å². The predicted molar refractivity (Wildman–Crippen MR) is 49.2 cm³/mol. The van der Waals surface area contributed by atoms with Crippen LogP contribution in [0.1, 0.15) is 20.7 Å². The minimum absolute atomic E-state index is 0.0809. The van der Waals surface area contributed by atoms with Crippen molar-refractivity contribution in [2.24, 2.45) is 5.11 Å². The summed E-state index contributed by atoms with van der Waals surface area (Å²) >= 11 is 0. The first-order valence-electron chi connectivity index (χ1n) is 4.08. The molecule has 1 N–H and O–H groups in total. The number of aliphatic hydroxyl groups is 1. The van der Waals surface area contributed by atoms with E-state index in [4.69, 9.17) is 5.53 Å². The van der Waals surface area contributed by atoms with Crippen molar-refractivity contribution in [1.29, 1.82) is 0 Å². The van der Waals surface area contributed by atoms with Crippen LogP contribution < -0.4 is 0 Å². The Balaban J connectivity index is 2.69. The van der Waals surface area contributed by atoms with Crippen LogP contribution in [0.2, 0.25) is 0 Å². The summed E-state index contributed by atoms with van der Waals surface area (Å²) in [6.07, 6.45) is 0. The molecule has 1 aliphatic rings. The fourth-order valence-corrected chi connectivity index (χ4v) is 1.51. The van der Waals surface area contributed by atoms with Crippen molar-refractivity contribution in [1.82, 2.24) is 0 Å². The molecule has 0 radical (unpaired) electrons. The number of rotatable bonds is 1. The summed E-state index contributed by atoms with van der Waals surface area (Å²) in [4.78, 5) is 25.5. The van der Waals surface area contributed by atoms with Crippen molar-refractivity contribution >= 4 is 11.6 Å². The number of fused-ring (bicyclic) bond motifs is 1. The predicted octanol–water partition coefficient (Wildman–Crippen LogP) is 1.06. The molecule has 1 aromatic carbocycles. The van der Waals surface area contributed by atoms with Gasteiger partial charge in [-0.2, -0.15) is 0 Å². The molecule has 0 amide bonds. The lowest BCUT2D eigenvalue weighted by Crippen LogP contribution is -2.38. The highest BCUT2D eigenvalue weighted by Gasteiger charge is 2.51. The molecule has 0 spiro atoms. The summed E-state index contributed by atoms with van der Waals surface area (Å²) < 4.78 is 0. The van der Waals surface area contributed by atoms with Crippen molar-refractivity contribution in [2.75, 3.05) is 0 Å². The zero-order valence-corrected chi connectivity index (χ0v) is 7.41. The van der Waals surface area contributed by atoms with E-state index >= 15 is 0 Å². The highest BCUT2D eigenvalue weighted by atomic mass is 16.3. The highest BCUT2D eigenvalue weighted by Crippen LogP contribution is 2.30. The number of hydrogen-bond donors (Lipinski definition) is 1. The van der Waals surface area contributed by atoms with E-state index in [0.717, 1.165) is 0 Å². The van der Waals surface area contributed by atoms with Gasteiger partial charge in [0.2, 0.25) is 11.6 Å². The van der Waals surface area contributed by atoms with Gasteiger partial charge in [-0.1, -0.05) is 24.3 Å². The standard InChI is InChI=1S/C9H5N3O3/c10-12-11-9(15)7(13)5-3-1-2-4-6(5)8(9)14/h1-4,15H. The quantitative estimate of drug-likeness (QED) is 0.319. The first kappa shape index (κ1) is 9.39. The van der Waals surface area contributed by atoms with Gasteiger partial charge in [0.05, 0.1) is 0 Å². The van der Waals surface area contributed by atoms with Gasteiger partial charge in [0.25, 0.3) is 5.72 Å². The molecule has 0 unspecified atom stereocenters. The van der Waals surface area contributed by atoms with Gasteiger partial charge in [-0.3, -0.25) is 9.59 Å². The number of Topliss-reactive ketones (excluding diaryl/α,β-unsaturated/α-hetero) is 2. The van der Waals surface area contributed by atoms with E-state index < -0.39 is 17.3 Å². The number of ketones is 2. The lowest BCUT2D eigenvalue weighted by molar-refractivity contribution is 0.0358. The van der Waals surface area contributed by atoms with Crippen LogP contribution in [0, 0.1) is 0 Å². The Morgan fingerprint density at radius 3 is 2.07 bits per heavy atom. The molecule has 2 rings (SSSR count). The Kier molecular flexibility index (Phi) is 1.82. The Labute approximate surface area is 83.8 Å². The summed E-state index contributed by atoms with van der Waals surface area (Å²) in [6, 6.07) is 5.93. The van der Waals surface area contributed by atoms with Crippen LogP contribution in [0.15, 0.2) is 29.4 Å². The average molecular weight is 203 g/mol. The van der Waals surface area contributed by atoms with Gasteiger partial charge in [0.1, 0.15) is 0 Å². The van der Waals surface area contributed by atoms with Crippen LogP contribution >= 0.6 is 0 Å². The van der Waals surface area contributed by atoms with Gasteiger partial charge in [-0.25, -0.2) is 0 Å². The minimum Gasteiger partial charge on any atom is -0.370 e. The second-order valence-corrected chi connectivity index (χ2v) is 3.07. The van der Waals surface area contributed by atoms with E-state index in [1.54, 1.807) is 12.1 Å². The molecule has 0 saturated carbocycles. The minimum atomic E-state index is -2.60. The monoisotopic (exact) mass is 203 g/mol. The molecule has 0 aliphatic heterocycles. The van der Waals surface area contributed by atoms with Crippen molar-refractivity contribution in [3.05, 3.63) is 45.8 Å². The molecule has 15 heavy (non-hydrogen) atoms. The lowest BCUT2D eigenvalue weighted by atomic mass is 10.1. The summed E-state index contributed by atoms with van der Waals surface area (Å²) in [6.45, 7) is 0. The van der Waals surface area contributed by atoms with Crippen LogP contribution in [-0.2, 0) is 0 Å². The second-order valence-electron chi connectivity index (χ2n) is 3.07. The summed E-state index contributed by atoms with van der Waals surface area (Å²) in [5.74, 6) is -1.75. The number of hydrogen-bond acceptors (Lipinski definition) is 4. The fourth-order valence-electron chi connectivity index (χ4n) is 1.51. The number of carbonyl (C=O) groups excluding carboxylic acids is 2. The van der Waals surface area contributed by atoms with Crippen molar-refractivity contribution in [3.63, 3.8) is 0 Å². The molecular formula is C9H5N3O3. The molecule has 1 aromatic rings. The summed E-state index contributed by atoms with van der Waals surface area (Å²) in [5, 5.41) is 12.5. The zero-order valence-electron chi connectivity index (χ0n) is 7.41. The van der Waals surface area contributed by atoms with E-state index in [1.807, 2.05) is 0 Å². The SMILES string of the molecule is [N-]=[N+]=NC1(O)C(=O)c2ccccc2C1=O. The summed E-state index contributed by atoms with van der Waals surface area (Å²) in [5.41, 5.74) is 5.76. The largest absolute Gasteiger partial charge is 0.370 e. The highest BCUT2D eigenvalue weighted by molar-refractivity contribution is 6.31. The van der Waals surface area contributed by atoms with Crippen molar-refractivity contribution in [3.8, 4) is 0 Å². The average Bonchev–Trinajstić information content (AvgIpc) is 2.43. The Bertz CT molecular complexity index is 482. The van der Waals surface area contributed by atoms with Gasteiger partial charge in [0.15, 0.2) is 0 Å². The molecular weight excluding hydrogens is 198 g/mol. The van der Waals surface area contributed by atoms with E-state index in [9.17, 15) is 14.7 Å². The van der Waals surface area contributed by atoms with Crippen LogP contribution in [-0.4, -0.2) is 22.4 Å². The number of nitrogens with zero attached hydrogens (tertiary/aromatic N) is 3. The fraction of sp³-hybridized carbons (Fsp3) is 0.111. The molecule has 0 heterocycles. The normalized spacial score (nSPS) is 17.1. The molecule has 74 valence electrons. The molecule has 0 atom stereocenters. The lowest BCUT2D eigenvalue weighted by Gasteiger charge is -2.09. The third-order valence-corrected chi connectivity index (χ3v) is 2.24. The van der Waals surface area contributed by atoms with Gasteiger partial charge < -0.3 is 5.11 Å². The van der Waals surface area contributed by atoms with E-state index in [0.29, 0.717) is 0 Å². The molecule has 6 heteroatoms. The number of carbonyl (C=O) groups is 2. The Hall–Kier alpha value is -2.17. The third kappa shape index (κ3) is 1.06. The summed E-state index contributed by atoms with van der Waals surface area (Å²) in [7, 11) is 0. The van der Waals surface area contributed by atoms with Gasteiger partial charge in [-0.05, 0) is 10.6 Å². The Morgan fingerprint density at radius 2 is 1.67 bits per heavy atom. The zero-order chi connectivity index (χ0) is 11.1.